The molecule has 1 heterocycles. The molecule has 2 aromatic rings. The van der Waals surface area contributed by atoms with E-state index in [0.717, 1.165) is 0 Å². The normalized spacial score (nSPS) is 11.6. The van der Waals surface area contributed by atoms with Gasteiger partial charge in [0, 0.05) is 25.5 Å². The van der Waals surface area contributed by atoms with Gasteiger partial charge >= 0.3 is 0 Å². The molecule has 0 saturated carbocycles. The number of hydrogen-bond donors (Lipinski definition) is 2. The number of aromatic hydroxyl groups is 1. The van der Waals surface area contributed by atoms with Crippen molar-refractivity contribution >= 4 is 10.0 Å². The second-order valence-electron chi connectivity index (χ2n) is 3.81. The summed E-state index contributed by atoms with van der Waals surface area (Å²) >= 11 is 0. The highest BCUT2D eigenvalue weighted by molar-refractivity contribution is 7.89. The Morgan fingerprint density at radius 1 is 1.11 bits per heavy atom. The summed E-state index contributed by atoms with van der Waals surface area (Å²) in [5.74, 6) is 0.0429. The lowest BCUT2D eigenvalue weighted by atomic mass is 10.3. The van der Waals surface area contributed by atoms with Gasteiger partial charge < -0.3 is 9.67 Å². The molecule has 0 aliphatic carbocycles. The number of phenols is 1. The van der Waals surface area contributed by atoms with Crippen molar-refractivity contribution < 1.29 is 13.5 Å². The van der Waals surface area contributed by atoms with E-state index >= 15 is 0 Å². The highest BCUT2D eigenvalue weighted by Crippen LogP contribution is 2.13. The molecule has 0 radical (unpaired) electrons. The van der Waals surface area contributed by atoms with Gasteiger partial charge in [0.05, 0.1) is 4.90 Å². The predicted octanol–water partition coefficient (Wildman–Crippen LogP) is 1.17. The largest absolute Gasteiger partial charge is 0.508 e. The number of rotatable bonds is 5. The molecular formula is C12H14N2O3S. The molecule has 0 bridgehead atoms. The fraction of sp³-hybridized carbons (Fsp3) is 0.167. The number of benzene rings is 1. The summed E-state index contributed by atoms with van der Waals surface area (Å²) < 4.78 is 28.1. The van der Waals surface area contributed by atoms with Gasteiger partial charge in [-0.3, -0.25) is 0 Å². The fourth-order valence-corrected chi connectivity index (χ4v) is 2.56. The molecule has 6 heteroatoms. The van der Waals surface area contributed by atoms with Gasteiger partial charge in [0.1, 0.15) is 5.75 Å². The minimum Gasteiger partial charge on any atom is -0.508 e. The van der Waals surface area contributed by atoms with Gasteiger partial charge in [0.25, 0.3) is 0 Å². The fourth-order valence-electron chi connectivity index (χ4n) is 1.54. The van der Waals surface area contributed by atoms with E-state index in [4.69, 9.17) is 5.11 Å². The zero-order valence-electron chi connectivity index (χ0n) is 9.65. The van der Waals surface area contributed by atoms with Gasteiger partial charge in [-0.2, -0.15) is 0 Å². The van der Waals surface area contributed by atoms with Crippen LogP contribution in [0.3, 0.4) is 0 Å². The molecular weight excluding hydrogens is 252 g/mol. The summed E-state index contributed by atoms with van der Waals surface area (Å²) in [5.41, 5.74) is 0. The third kappa shape index (κ3) is 3.12. The Labute approximate surface area is 106 Å². The number of nitrogens with one attached hydrogen (secondary N) is 1. The van der Waals surface area contributed by atoms with Gasteiger partial charge in [-0.1, -0.05) is 0 Å². The van der Waals surface area contributed by atoms with Crippen molar-refractivity contribution in [2.45, 2.75) is 11.4 Å². The molecule has 0 fully saturated rings. The van der Waals surface area contributed by atoms with Crippen molar-refractivity contribution in [2.75, 3.05) is 6.54 Å². The molecule has 5 nitrogen and oxygen atoms in total. The summed E-state index contributed by atoms with van der Waals surface area (Å²) in [7, 11) is -3.50. The van der Waals surface area contributed by atoms with Crippen molar-refractivity contribution in [3.63, 3.8) is 0 Å². The molecule has 0 saturated heterocycles. The number of phenolic OH excluding ortho intramolecular Hbond substituents is 1. The Bertz CT molecular complexity index is 589. The van der Waals surface area contributed by atoms with Crippen LogP contribution < -0.4 is 4.72 Å². The quantitative estimate of drug-likeness (QED) is 0.853. The first kappa shape index (κ1) is 12.7. The maximum absolute atomic E-state index is 11.9. The monoisotopic (exact) mass is 266 g/mol. The average Bonchev–Trinajstić information content (AvgIpc) is 2.82. The topological polar surface area (TPSA) is 71.3 Å². The predicted molar refractivity (Wildman–Crippen MR) is 67.7 cm³/mol. The molecule has 0 atom stereocenters. The Hall–Kier alpha value is -1.79. The van der Waals surface area contributed by atoms with E-state index in [1.54, 1.807) is 0 Å². The molecule has 96 valence electrons. The third-order valence-corrected chi connectivity index (χ3v) is 3.95. The number of aromatic nitrogens is 1. The summed E-state index contributed by atoms with van der Waals surface area (Å²) in [6.07, 6.45) is 3.74. The zero-order chi connectivity index (χ0) is 13.0. The molecule has 0 aliphatic heterocycles. The average molecular weight is 266 g/mol. The highest BCUT2D eigenvalue weighted by Gasteiger charge is 2.12. The van der Waals surface area contributed by atoms with Crippen molar-refractivity contribution in [1.82, 2.24) is 9.29 Å². The highest BCUT2D eigenvalue weighted by atomic mass is 32.2. The van der Waals surface area contributed by atoms with E-state index < -0.39 is 10.0 Å². The first-order valence-electron chi connectivity index (χ1n) is 5.47. The van der Waals surface area contributed by atoms with E-state index in [2.05, 4.69) is 4.72 Å². The zero-order valence-corrected chi connectivity index (χ0v) is 10.5. The summed E-state index contributed by atoms with van der Waals surface area (Å²) in [6, 6.07) is 9.20. The Morgan fingerprint density at radius 3 is 2.33 bits per heavy atom. The van der Waals surface area contributed by atoms with Crippen molar-refractivity contribution in [1.29, 1.82) is 0 Å². The SMILES string of the molecule is O=S(=O)(NCCn1cccc1)c1ccc(O)cc1. The van der Waals surface area contributed by atoms with Crippen LogP contribution in [0.25, 0.3) is 0 Å². The van der Waals surface area contributed by atoms with E-state index in [0.29, 0.717) is 13.1 Å². The standard InChI is InChI=1S/C12H14N2O3S/c15-11-3-5-12(6-4-11)18(16,17)13-7-10-14-8-1-2-9-14/h1-6,8-9,13,15H,7,10H2. The van der Waals surface area contributed by atoms with E-state index in [9.17, 15) is 8.42 Å². The number of nitrogens with zero attached hydrogens (tertiary/aromatic N) is 1. The van der Waals surface area contributed by atoms with Crippen LogP contribution in [-0.2, 0) is 16.6 Å². The minimum absolute atomic E-state index is 0.0429. The molecule has 0 unspecified atom stereocenters. The van der Waals surface area contributed by atoms with E-state index in [-0.39, 0.29) is 10.6 Å². The van der Waals surface area contributed by atoms with E-state index in [1.807, 2.05) is 29.1 Å². The Balaban J connectivity index is 1.97. The van der Waals surface area contributed by atoms with Crippen molar-refractivity contribution in [3.8, 4) is 5.75 Å². The van der Waals surface area contributed by atoms with Crippen LogP contribution in [0, 0.1) is 0 Å². The third-order valence-electron chi connectivity index (χ3n) is 2.48. The minimum atomic E-state index is -3.50. The van der Waals surface area contributed by atoms with Gasteiger partial charge in [0.15, 0.2) is 0 Å². The van der Waals surface area contributed by atoms with Crippen LogP contribution >= 0.6 is 0 Å². The lowest BCUT2D eigenvalue weighted by Crippen LogP contribution is -2.27. The lowest BCUT2D eigenvalue weighted by Gasteiger charge is -2.07. The molecule has 0 aliphatic rings. The second kappa shape index (κ2) is 5.24. The number of sulfonamides is 1. The van der Waals surface area contributed by atoms with Gasteiger partial charge in [-0.05, 0) is 36.4 Å². The summed E-state index contributed by atoms with van der Waals surface area (Å²) in [4.78, 5) is 0.146. The Morgan fingerprint density at radius 2 is 1.72 bits per heavy atom. The van der Waals surface area contributed by atoms with Gasteiger partial charge in [-0.15, -0.1) is 0 Å². The first-order valence-corrected chi connectivity index (χ1v) is 6.96. The molecule has 18 heavy (non-hydrogen) atoms. The van der Waals surface area contributed by atoms with Crippen LogP contribution in [0.4, 0.5) is 0 Å². The molecule has 0 amide bonds. The number of hydrogen-bond acceptors (Lipinski definition) is 3. The maximum Gasteiger partial charge on any atom is 0.240 e. The summed E-state index contributed by atoms with van der Waals surface area (Å²) in [6.45, 7) is 0.891. The summed E-state index contributed by atoms with van der Waals surface area (Å²) in [5, 5.41) is 9.10. The van der Waals surface area contributed by atoms with Crippen molar-refractivity contribution in [2.24, 2.45) is 0 Å². The molecule has 2 N–H and O–H groups in total. The molecule has 1 aromatic heterocycles. The van der Waals surface area contributed by atoms with Crippen LogP contribution in [0.1, 0.15) is 0 Å². The molecule has 2 rings (SSSR count). The van der Waals surface area contributed by atoms with Crippen LogP contribution in [0.5, 0.6) is 5.75 Å². The lowest BCUT2D eigenvalue weighted by molar-refractivity contribution is 0.474. The first-order chi connectivity index (χ1) is 8.58. The van der Waals surface area contributed by atoms with Crippen LogP contribution in [0.15, 0.2) is 53.7 Å². The Kier molecular flexibility index (Phi) is 3.69. The van der Waals surface area contributed by atoms with Crippen molar-refractivity contribution in [3.05, 3.63) is 48.8 Å². The molecule has 0 spiro atoms. The maximum atomic E-state index is 11.9. The smallest absolute Gasteiger partial charge is 0.240 e. The second-order valence-corrected chi connectivity index (χ2v) is 5.58. The van der Waals surface area contributed by atoms with Gasteiger partial charge in [0.2, 0.25) is 10.0 Å². The molecule has 1 aromatic carbocycles. The van der Waals surface area contributed by atoms with E-state index in [1.165, 1.54) is 24.3 Å². The van der Waals surface area contributed by atoms with Gasteiger partial charge in [-0.25, -0.2) is 13.1 Å². The van der Waals surface area contributed by atoms with Crippen LogP contribution in [0.2, 0.25) is 0 Å². The van der Waals surface area contributed by atoms with Crippen LogP contribution in [-0.4, -0.2) is 24.6 Å².